The summed E-state index contributed by atoms with van der Waals surface area (Å²) in [6.07, 6.45) is 5.05. The highest BCUT2D eigenvalue weighted by molar-refractivity contribution is 5.58. The minimum atomic E-state index is -0.360. The molecule has 0 spiro atoms. The lowest BCUT2D eigenvalue weighted by molar-refractivity contribution is -0.384. The molecule has 0 saturated carbocycles. The van der Waals surface area contributed by atoms with Crippen LogP contribution < -0.4 is 5.32 Å². The zero-order valence-corrected chi connectivity index (χ0v) is 12.2. The zero-order valence-electron chi connectivity index (χ0n) is 12.2. The molecule has 1 heterocycles. The summed E-state index contributed by atoms with van der Waals surface area (Å²) in [7, 11) is 1.96. The Bertz CT molecular complexity index is 693. The molecule has 0 aliphatic heterocycles. The Morgan fingerprint density at radius 1 is 1.48 bits per heavy atom. The van der Waals surface area contributed by atoms with E-state index in [4.69, 9.17) is 0 Å². The first kappa shape index (κ1) is 13.6. The van der Waals surface area contributed by atoms with Crippen molar-refractivity contribution in [3.63, 3.8) is 0 Å². The van der Waals surface area contributed by atoms with Crippen LogP contribution in [-0.4, -0.2) is 14.7 Å². The summed E-state index contributed by atoms with van der Waals surface area (Å²) in [6.45, 7) is 1.96. The third-order valence-electron chi connectivity index (χ3n) is 4.14. The van der Waals surface area contributed by atoms with Crippen molar-refractivity contribution in [1.82, 2.24) is 9.78 Å². The third kappa shape index (κ3) is 2.49. The van der Waals surface area contributed by atoms with Gasteiger partial charge in [-0.25, -0.2) is 0 Å². The minimum absolute atomic E-state index is 0.116. The zero-order chi connectivity index (χ0) is 15.0. The third-order valence-corrected chi connectivity index (χ3v) is 4.14. The quantitative estimate of drug-likeness (QED) is 0.695. The van der Waals surface area contributed by atoms with Crippen molar-refractivity contribution in [2.24, 2.45) is 7.05 Å². The van der Waals surface area contributed by atoms with Gasteiger partial charge >= 0.3 is 0 Å². The number of aromatic nitrogens is 2. The molecule has 0 bridgehead atoms. The molecule has 1 unspecified atom stereocenters. The fraction of sp³-hybridized carbons (Fsp3) is 0.400. The second-order valence-corrected chi connectivity index (χ2v) is 5.52. The van der Waals surface area contributed by atoms with Gasteiger partial charge in [-0.1, -0.05) is 6.07 Å². The molecule has 21 heavy (non-hydrogen) atoms. The molecule has 2 aromatic rings. The number of anilines is 1. The first-order chi connectivity index (χ1) is 10.1. The summed E-state index contributed by atoms with van der Waals surface area (Å²) in [5.41, 5.74) is 4.41. The van der Waals surface area contributed by atoms with Crippen molar-refractivity contribution in [1.29, 1.82) is 0 Å². The predicted octanol–water partition coefficient (Wildman–Crippen LogP) is 3.13. The summed E-state index contributed by atoms with van der Waals surface area (Å²) in [6, 6.07) is 5.10. The molecule has 0 radical (unpaired) electrons. The predicted molar refractivity (Wildman–Crippen MR) is 80.3 cm³/mol. The maximum Gasteiger partial charge on any atom is 0.271 e. The van der Waals surface area contributed by atoms with E-state index < -0.39 is 0 Å². The second-order valence-electron chi connectivity index (χ2n) is 5.52. The van der Waals surface area contributed by atoms with Gasteiger partial charge in [0.25, 0.3) is 5.69 Å². The number of nitro groups is 1. The Labute approximate surface area is 122 Å². The van der Waals surface area contributed by atoms with Crippen molar-refractivity contribution < 1.29 is 4.92 Å². The van der Waals surface area contributed by atoms with Crippen LogP contribution in [0.2, 0.25) is 0 Å². The number of benzene rings is 1. The van der Waals surface area contributed by atoms with E-state index in [-0.39, 0.29) is 16.7 Å². The van der Waals surface area contributed by atoms with Gasteiger partial charge in [-0.05, 0) is 31.7 Å². The lowest BCUT2D eigenvalue weighted by atomic mass is 9.92. The van der Waals surface area contributed by atoms with Crippen LogP contribution in [-0.2, 0) is 13.5 Å². The summed E-state index contributed by atoms with van der Waals surface area (Å²) in [4.78, 5) is 10.6. The normalized spacial score (nSPS) is 17.3. The molecule has 6 nitrogen and oxygen atoms in total. The molecule has 6 heteroatoms. The van der Waals surface area contributed by atoms with Crippen LogP contribution in [0.3, 0.4) is 0 Å². The molecule has 1 aromatic carbocycles. The number of aryl methyl sites for hydroxylation is 2. The molecular formula is C15H18N4O2. The van der Waals surface area contributed by atoms with Crippen molar-refractivity contribution in [2.45, 2.75) is 32.2 Å². The van der Waals surface area contributed by atoms with E-state index >= 15 is 0 Å². The maximum absolute atomic E-state index is 10.9. The van der Waals surface area contributed by atoms with Gasteiger partial charge < -0.3 is 5.32 Å². The Hall–Kier alpha value is -2.37. The molecule has 0 fully saturated rings. The number of nitrogens with zero attached hydrogens (tertiary/aromatic N) is 3. The Balaban J connectivity index is 1.91. The molecule has 1 N–H and O–H groups in total. The standard InChI is InChI=1S/C15H18N4O2/c1-10-6-7-11(19(20)21)8-14(10)17-13-4-3-5-15-12(13)9-16-18(15)2/h6-9,13,17H,3-5H2,1-2H3. The van der Waals surface area contributed by atoms with Gasteiger partial charge in [-0.15, -0.1) is 0 Å². The summed E-state index contributed by atoms with van der Waals surface area (Å²) in [5, 5.41) is 18.7. The fourth-order valence-corrected chi connectivity index (χ4v) is 2.92. The Kier molecular flexibility index (Phi) is 3.37. The van der Waals surface area contributed by atoms with Crippen LogP contribution in [0.15, 0.2) is 24.4 Å². The molecule has 0 saturated heterocycles. The number of hydrogen-bond donors (Lipinski definition) is 1. The van der Waals surface area contributed by atoms with Crippen LogP contribution in [0, 0.1) is 17.0 Å². The van der Waals surface area contributed by atoms with E-state index in [1.165, 1.54) is 17.3 Å². The van der Waals surface area contributed by atoms with Gasteiger partial charge in [0.05, 0.1) is 17.2 Å². The van der Waals surface area contributed by atoms with E-state index in [9.17, 15) is 10.1 Å². The van der Waals surface area contributed by atoms with Gasteiger partial charge in [0, 0.05) is 36.1 Å². The highest BCUT2D eigenvalue weighted by Gasteiger charge is 2.24. The average Bonchev–Trinajstić information content (AvgIpc) is 2.84. The van der Waals surface area contributed by atoms with Crippen LogP contribution in [0.1, 0.15) is 35.7 Å². The highest BCUT2D eigenvalue weighted by Crippen LogP contribution is 2.33. The first-order valence-electron chi connectivity index (χ1n) is 7.08. The monoisotopic (exact) mass is 286 g/mol. The first-order valence-corrected chi connectivity index (χ1v) is 7.08. The van der Waals surface area contributed by atoms with Crippen LogP contribution >= 0.6 is 0 Å². The molecule has 1 aromatic heterocycles. The molecule has 3 rings (SSSR count). The molecular weight excluding hydrogens is 268 g/mol. The summed E-state index contributed by atoms with van der Waals surface area (Å²) < 4.78 is 1.92. The van der Waals surface area contributed by atoms with Crippen molar-refractivity contribution in [3.8, 4) is 0 Å². The topological polar surface area (TPSA) is 73.0 Å². The van der Waals surface area contributed by atoms with E-state index in [1.807, 2.05) is 24.9 Å². The van der Waals surface area contributed by atoms with Crippen molar-refractivity contribution in [2.75, 3.05) is 5.32 Å². The number of nitrogens with one attached hydrogen (secondary N) is 1. The maximum atomic E-state index is 10.9. The number of non-ortho nitro benzene ring substituents is 1. The van der Waals surface area contributed by atoms with Gasteiger partial charge in [-0.2, -0.15) is 5.10 Å². The van der Waals surface area contributed by atoms with Gasteiger partial charge in [0.15, 0.2) is 0 Å². The smallest absolute Gasteiger partial charge is 0.271 e. The molecule has 0 amide bonds. The van der Waals surface area contributed by atoms with Gasteiger partial charge in [-0.3, -0.25) is 14.8 Å². The van der Waals surface area contributed by atoms with Crippen molar-refractivity contribution >= 4 is 11.4 Å². The summed E-state index contributed by atoms with van der Waals surface area (Å²) >= 11 is 0. The van der Waals surface area contributed by atoms with Crippen LogP contribution in [0.4, 0.5) is 11.4 Å². The number of nitro benzene ring substituents is 1. The van der Waals surface area contributed by atoms with E-state index in [1.54, 1.807) is 12.1 Å². The SMILES string of the molecule is Cc1ccc([N+](=O)[O-])cc1NC1CCCc2c1cnn2C. The van der Waals surface area contributed by atoms with E-state index in [0.29, 0.717) is 0 Å². The number of fused-ring (bicyclic) bond motifs is 1. The Morgan fingerprint density at radius 3 is 3.05 bits per heavy atom. The average molecular weight is 286 g/mol. The fourth-order valence-electron chi connectivity index (χ4n) is 2.92. The Morgan fingerprint density at radius 2 is 2.29 bits per heavy atom. The summed E-state index contributed by atoms with van der Waals surface area (Å²) in [5.74, 6) is 0. The number of rotatable bonds is 3. The van der Waals surface area contributed by atoms with E-state index in [0.717, 1.165) is 30.5 Å². The van der Waals surface area contributed by atoms with Gasteiger partial charge in [0.1, 0.15) is 0 Å². The van der Waals surface area contributed by atoms with Crippen molar-refractivity contribution in [3.05, 3.63) is 51.3 Å². The minimum Gasteiger partial charge on any atom is -0.378 e. The largest absolute Gasteiger partial charge is 0.378 e. The molecule has 110 valence electrons. The highest BCUT2D eigenvalue weighted by atomic mass is 16.6. The lowest BCUT2D eigenvalue weighted by Gasteiger charge is -2.25. The van der Waals surface area contributed by atoms with Crippen LogP contribution in [0.25, 0.3) is 0 Å². The number of hydrogen-bond acceptors (Lipinski definition) is 4. The molecule has 1 aliphatic carbocycles. The second kappa shape index (κ2) is 5.20. The molecule has 1 aliphatic rings. The molecule has 1 atom stereocenters. The van der Waals surface area contributed by atoms with E-state index in [2.05, 4.69) is 10.4 Å². The lowest BCUT2D eigenvalue weighted by Crippen LogP contribution is -2.18. The van der Waals surface area contributed by atoms with Crippen LogP contribution in [0.5, 0.6) is 0 Å². The van der Waals surface area contributed by atoms with Gasteiger partial charge in [0.2, 0.25) is 0 Å².